The van der Waals surface area contributed by atoms with Gasteiger partial charge in [-0.25, -0.2) is 0 Å². The molecule has 1 aliphatic rings. The third kappa shape index (κ3) is 2.30. The molecule has 1 heterocycles. The van der Waals surface area contributed by atoms with Crippen molar-refractivity contribution in [2.45, 2.75) is 56.9 Å². The molecule has 1 aliphatic heterocycles. The Morgan fingerprint density at radius 1 is 1.44 bits per heavy atom. The minimum atomic E-state index is -0.551. The van der Waals surface area contributed by atoms with Gasteiger partial charge in [0.15, 0.2) is 0 Å². The second-order valence-corrected chi connectivity index (χ2v) is 6.26. The summed E-state index contributed by atoms with van der Waals surface area (Å²) in [4.78, 5) is 27.9. The second-order valence-electron chi connectivity index (χ2n) is 5.35. The number of carbonyl (C=O) groups excluding carboxylic acids is 2. The van der Waals surface area contributed by atoms with E-state index in [1.807, 2.05) is 27.7 Å². The molecule has 0 N–H and O–H groups in total. The molecule has 0 unspecified atom stereocenters. The molecule has 0 amide bonds. The predicted octanol–water partition coefficient (Wildman–Crippen LogP) is 2.06. The monoisotopic (exact) mass is 291 g/mol. The number of carbonyl (C=O) groups is 2. The van der Waals surface area contributed by atoms with Crippen LogP contribution in [0.1, 0.15) is 41.0 Å². The lowest BCUT2D eigenvalue weighted by Gasteiger charge is -2.51. The van der Waals surface area contributed by atoms with Gasteiger partial charge >= 0.3 is 5.97 Å². The number of ketones is 1. The number of alkyl halides is 1. The Kier molecular flexibility index (Phi) is 3.50. The van der Waals surface area contributed by atoms with Crippen LogP contribution < -0.4 is 0 Å². The highest BCUT2D eigenvalue weighted by atomic mass is 79.9. The molecule has 0 spiro atoms. The van der Waals surface area contributed by atoms with Crippen molar-refractivity contribution in [3.63, 3.8) is 0 Å². The molecule has 0 radical (unpaired) electrons. The maximum absolute atomic E-state index is 11.8. The standard InChI is InChI=1S/C11H18BrNO3/c1-7(14)16-13-10(2,3)6-8(15)9(12)11(13,4)5/h9H,6H2,1-5H3/t9-/m1/s1. The highest BCUT2D eigenvalue weighted by Crippen LogP contribution is 2.40. The normalized spacial score (nSPS) is 28.9. The van der Waals surface area contributed by atoms with E-state index in [2.05, 4.69) is 15.9 Å². The summed E-state index contributed by atoms with van der Waals surface area (Å²) < 4.78 is 0. The first-order valence-corrected chi connectivity index (χ1v) is 6.16. The van der Waals surface area contributed by atoms with Gasteiger partial charge in [-0.2, -0.15) is 0 Å². The van der Waals surface area contributed by atoms with Gasteiger partial charge < -0.3 is 4.84 Å². The number of nitrogens with zero attached hydrogens (tertiary/aromatic N) is 1. The van der Waals surface area contributed by atoms with Gasteiger partial charge in [-0.3, -0.25) is 9.59 Å². The summed E-state index contributed by atoms with van der Waals surface area (Å²) in [6, 6.07) is 0. The van der Waals surface area contributed by atoms with Crippen LogP contribution in [0.5, 0.6) is 0 Å². The zero-order valence-electron chi connectivity index (χ0n) is 10.3. The summed E-state index contributed by atoms with van der Waals surface area (Å²) in [5.74, 6) is -0.228. The topological polar surface area (TPSA) is 46.6 Å². The van der Waals surface area contributed by atoms with Gasteiger partial charge in [0.25, 0.3) is 0 Å². The molecule has 4 nitrogen and oxygen atoms in total. The molecule has 1 atom stereocenters. The van der Waals surface area contributed by atoms with E-state index in [4.69, 9.17) is 4.84 Å². The lowest BCUT2D eigenvalue weighted by molar-refractivity contribution is -0.257. The first kappa shape index (κ1) is 13.6. The smallest absolute Gasteiger partial charge is 0.322 e. The third-order valence-electron chi connectivity index (χ3n) is 2.80. The molecular formula is C11H18BrNO3. The zero-order chi connectivity index (χ0) is 12.7. The van der Waals surface area contributed by atoms with Crippen LogP contribution in [0.2, 0.25) is 0 Å². The number of hydroxylamine groups is 2. The van der Waals surface area contributed by atoms with Crippen LogP contribution in [-0.2, 0) is 14.4 Å². The Labute approximate surface area is 104 Å². The first-order chi connectivity index (χ1) is 7.09. The molecule has 0 aliphatic carbocycles. The zero-order valence-corrected chi connectivity index (χ0v) is 11.9. The largest absolute Gasteiger partial charge is 0.367 e. The van der Waals surface area contributed by atoms with Gasteiger partial charge in [0.1, 0.15) is 5.78 Å². The fourth-order valence-corrected chi connectivity index (χ4v) is 2.58. The van der Waals surface area contributed by atoms with Crippen LogP contribution in [-0.4, -0.2) is 32.7 Å². The molecule has 1 saturated heterocycles. The predicted molar refractivity (Wildman–Crippen MR) is 64.1 cm³/mol. The Bertz CT molecular complexity index is 325. The Hall–Kier alpha value is -0.420. The van der Waals surface area contributed by atoms with Crippen LogP contribution in [0.25, 0.3) is 0 Å². The van der Waals surface area contributed by atoms with Gasteiger partial charge in [-0.1, -0.05) is 15.9 Å². The third-order valence-corrected chi connectivity index (χ3v) is 4.43. The van der Waals surface area contributed by atoms with Gasteiger partial charge in [0.2, 0.25) is 0 Å². The lowest BCUT2D eigenvalue weighted by atomic mass is 9.81. The van der Waals surface area contributed by atoms with E-state index in [0.717, 1.165) is 0 Å². The molecule has 0 saturated carbocycles. The first-order valence-electron chi connectivity index (χ1n) is 5.24. The number of Topliss-reactive ketones (excluding diaryl/α,β-unsaturated/α-hetero) is 1. The number of piperidine rings is 1. The van der Waals surface area contributed by atoms with E-state index in [0.29, 0.717) is 6.42 Å². The summed E-state index contributed by atoms with van der Waals surface area (Å²) in [6.45, 7) is 8.93. The quantitative estimate of drug-likeness (QED) is 0.694. The summed E-state index contributed by atoms with van der Waals surface area (Å²) in [6.07, 6.45) is 0.361. The highest BCUT2D eigenvalue weighted by molar-refractivity contribution is 9.10. The summed E-state index contributed by atoms with van der Waals surface area (Å²) in [5, 5.41) is 1.63. The SMILES string of the molecule is CC(=O)ON1C(C)(C)CC(=O)[C@@H](Br)C1(C)C. The molecule has 0 aromatic rings. The molecule has 0 aromatic carbocycles. The molecule has 1 rings (SSSR count). The lowest BCUT2D eigenvalue weighted by Crippen LogP contribution is -2.66. The van der Waals surface area contributed by atoms with Gasteiger partial charge in [0, 0.05) is 13.3 Å². The molecule has 92 valence electrons. The van der Waals surface area contributed by atoms with Crippen LogP contribution >= 0.6 is 15.9 Å². The molecule has 5 heteroatoms. The van der Waals surface area contributed by atoms with E-state index in [1.165, 1.54) is 6.92 Å². The molecule has 1 fully saturated rings. The van der Waals surface area contributed by atoms with Crippen molar-refractivity contribution in [2.75, 3.05) is 0 Å². The van der Waals surface area contributed by atoms with Crippen LogP contribution in [0.4, 0.5) is 0 Å². The summed E-state index contributed by atoms with van der Waals surface area (Å²) in [5.41, 5.74) is -1.03. The van der Waals surface area contributed by atoms with Crippen LogP contribution in [0, 0.1) is 0 Å². The number of hydrogen-bond donors (Lipinski definition) is 0. The van der Waals surface area contributed by atoms with Gasteiger partial charge in [0.05, 0.1) is 15.9 Å². The van der Waals surface area contributed by atoms with Crippen molar-refractivity contribution in [3.8, 4) is 0 Å². The molecule has 16 heavy (non-hydrogen) atoms. The van der Waals surface area contributed by atoms with Crippen LogP contribution in [0.3, 0.4) is 0 Å². The number of halogens is 1. The van der Waals surface area contributed by atoms with Crippen molar-refractivity contribution >= 4 is 27.7 Å². The minimum Gasteiger partial charge on any atom is -0.367 e. The Morgan fingerprint density at radius 2 is 1.94 bits per heavy atom. The number of hydrogen-bond acceptors (Lipinski definition) is 4. The van der Waals surface area contributed by atoms with Crippen molar-refractivity contribution in [2.24, 2.45) is 0 Å². The van der Waals surface area contributed by atoms with Gasteiger partial charge in [-0.05, 0) is 27.7 Å². The number of rotatable bonds is 1. The maximum atomic E-state index is 11.8. The summed E-state index contributed by atoms with van der Waals surface area (Å²) in [7, 11) is 0. The minimum absolute atomic E-state index is 0.137. The van der Waals surface area contributed by atoms with Crippen molar-refractivity contribution in [1.82, 2.24) is 5.06 Å². The average molecular weight is 292 g/mol. The highest BCUT2D eigenvalue weighted by Gasteiger charge is 2.52. The van der Waals surface area contributed by atoms with Crippen LogP contribution in [0.15, 0.2) is 0 Å². The molecule has 0 aromatic heterocycles. The van der Waals surface area contributed by atoms with E-state index < -0.39 is 11.1 Å². The maximum Gasteiger partial charge on any atom is 0.322 e. The molecular weight excluding hydrogens is 274 g/mol. The van der Waals surface area contributed by atoms with Crippen molar-refractivity contribution in [3.05, 3.63) is 0 Å². The van der Waals surface area contributed by atoms with E-state index in [1.54, 1.807) is 5.06 Å². The summed E-state index contributed by atoms with van der Waals surface area (Å²) >= 11 is 3.37. The second kappa shape index (κ2) is 4.11. The fourth-order valence-electron chi connectivity index (χ4n) is 2.23. The van der Waals surface area contributed by atoms with Crippen molar-refractivity contribution < 1.29 is 14.4 Å². The Morgan fingerprint density at radius 3 is 2.38 bits per heavy atom. The fraction of sp³-hybridized carbons (Fsp3) is 0.818. The van der Waals surface area contributed by atoms with E-state index in [-0.39, 0.29) is 16.6 Å². The average Bonchev–Trinajstić information content (AvgIpc) is 2.09. The van der Waals surface area contributed by atoms with Gasteiger partial charge in [-0.15, -0.1) is 5.06 Å². The van der Waals surface area contributed by atoms with E-state index >= 15 is 0 Å². The van der Waals surface area contributed by atoms with E-state index in [9.17, 15) is 9.59 Å². The molecule has 0 bridgehead atoms. The Balaban J connectivity index is 3.09. The van der Waals surface area contributed by atoms with Crippen molar-refractivity contribution in [1.29, 1.82) is 0 Å².